The second-order valence-electron chi connectivity index (χ2n) is 1.84. The maximum absolute atomic E-state index is 5.20. The minimum absolute atomic E-state index is 0.122. The molecule has 1 unspecified atom stereocenters. The second-order valence-corrected chi connectivity index (χ2v) is 3.07. The summed E-state index contributed by atoms with van der Waals surface area (Å²) in [6.07, 6.45) is 3.96. The first kappa shape index (κ1) is 9.91. The van der Waals surface area contributed by atoms with E-state index in [1.54, 1.807) is 13.3 Å². The molecule has 0 saturated carbocycles. The zero-order valence-corrected chi connectivity index (χ0v) is 7.65. The highest BCUT2D eigenvalue weighted by Crippen LogP contribution is 2.10. The van der Waals surface area contributed by atoms with Crippen molar-refractivity contribution in [2.45, 2.75) is 11.7 Å². The molecule has 10 heavy (non-hydrogen) atoms. The molecule has 2 N–H and O–H groups in total. The van der Waals surface area contributed by atoms with E-state index in [0.29, 0.717) is 0 Å². The molecule has 4 heteroatoms. The molecule has 58 valence electrons. The van der Waals surface area contributed by atoms with Gasteiger partial charge in [-0.25, -0.2) is 0 Å². The van der Waals surface area contributed by atoms with E-state index < -0.39 is 0 Å². The van der Waals surface area contributed by atoms with Crippen LogP contribution in [0.3, 0.4) is 0 Å². The van der Waals surface area contributed by atoms with Crippen molar-refractivity contribution in [1.82, 2.24) is 0 Å². The molecule has 2 nitrogen and oxygen atoms in total. The minimum atomic E-state index is 0.122. The van der Waals surface area contributed by atoms with E-state index in [-0.39, 0.29) is 5.25 Å². The number of aliphatic imine (C=N–C) groups is 1. The monoisotopic (exact) mass is 176 g/mol. The van der Waals surface area contributed by atoms with Crippen LogP contribution in [0.4, 0.5) is 0 Å². The molecule has 0 amide bonds. The lowest BCUT2D eigenvalue weighted by molar-refractivity contribution is 1.11. The summed E-state index contributed by atoms with van der Waals surface area (Å²) in [5.41, 5.74) is 5.20. The fraction of sp³-hybridized carbons (Fsp3) is 0.500. The van der Waals surface area contributed by atoms with Gasteiger partial charge in [-0.15, -0.1) is 12.6 Å². The Morgan fingerprint density at radius 1 is 1.80 bits per heavy atom. The first-order valence-corrected chi connectivity index (χ1v) is 3.87. The smallest absolute Gasteiger partial charge is 0.0411 e. The summed E-state index contributed by atoms with van der Waals surface area (Å²) in [5.74, 6) is 0. The third kappa shape index (κ3) is 4.76. The highest BCUT2D eigenvalue weighted by atomic mass is 32.1. The molecule has 0 aliphatic carbocycles. The maximum atomic E-state index is 5.20. The number of thiol groups is 2. The molecule has 0 aromatic rings. The first-order valence-electron chi connectivity index (χ1n) is 2.90. The van der Waals surface area contributed by atoms with Gasteiger partial charge in [-0.2, -0.15) is 12.6 Å². The standard InChI is InChI=1S/C6H12N2S2/c1-8-4-6(10)2-5(9)3-7/h3-4,6,9-10H,2,7H2,1H3/b5-3-,8-4?. The van der Waals surface area contributed by atoms with Gasteiger partial charge in [0.1, 0.15) is 0 Å². The van der Waals surface area contributed by atoms with Crippen LogP contribution in [0.2, 0.25) is 0 Å². The number of rotatable bonds is 3. The van der Waals surface area contributed by atoms with Crippen LogP contribution >= 0.6 is 25.3 Å². The molecule has 0 aromatic carbocycles. The maximum Gasteiger partial charge on any atom is 0.0411 e. The quantitative estimate of drug-likeness (QED) is 0.437. The van der Waals surface area contributed by atoms with Crippen LogP contribution in [0.15, 0.2) is 16.1 Å². The number of nitrogens with zero attached hydrogens (tertiary/aromatic N) is 1. The molecule has 0 aliphatic heterocycles. The largest absolute Gasteiger partial charge is 0.404 e. The van der Waals surface area contributed by atoms with Crippen molar-refractivity contribution in [2.75, 3.05) is 7.05 Å². The van der Waals surface area contributed by atoms with Crippen molar-refractivity contribution < 1.29 is 0 Å². The zero-order chi connectivity index (χ0) is 7.98. The summed E-state index contributed by atoms with van der Waals surface area (Å²) in [7, 11) is 1.72. The number of allylic oxidation sites excluding steroid dienone is 1. The molecular weight excluding hydrogens is 164 g/mol. The van der Waals surface area contributed by atoms with Gasteiger partial charge in [0.05, 0.1) is 0 Å². The van der Waals surface area contributed by atoms with Crippen molar-refractivity contribution in [1.29, 1.82) is 0 Å². The second kappa shape index (κ2) is 5.68. The Kier molecular flexibility index (Phi) is 5.63. The third-order valence-electron chi connectivity index (χ3n) is 0.932. The number of nitrogens with two attached hydrogens (primary N) is 1. The molecule has 0 bridgehead atoms. The molecule has 0 aliphatic rings. The van der Waals surface area contributed by atoms with Gasteiger partial charge in [0.25, 0.3) is 0 Å². The molecule has 0 radical (unpaired) electrons. The van der Waals surface area contributed by atoms with Crippen LogP contribution in [0.5, 0.6) is 0 Å². The summed E-state index contributed by atoms with van der Waals surface area (Å²) in [6, 6.07) is 0. The van der Waals surface area contributed by atoms with Crippen molar-refractivity contribution >= 4 is 31.5 Å². The minimum Gasteiger partial charge on any atom is -0.404 e. The summed E-state index contributed by atoms with van der Waals surface area (Å²) in [4.78, 5) is 4.65. The number of hydrogen-bond acceptors (Lipinski definition) is 4. The van der Waals surface area contributed by atoms with E-state index in [4.69, 9.17) is 5.73 Å². The topological polar surface area (TPSA) is 38.4 Å². The van der Waals surface area contributed by atoms with E-state index in [2.05, 4.69) is 30.2 Å². The fourth-order valence-corrected chi connectivity index (χ4v) is 1.18. The van der Waals surface area contributed by atoms with Gasteiger partial charge in [0.2, 0.25) is 0 Å². The summed E-state index contributed by atoms with van der Waals surface area (Å²) < 4.78 is 0. The van der Waals surface area contributed by atoms with Crippen LogP contribution < -0.4 is 5.73 Å². The molecule has 0 rings (SSSR count). The van der Waals surface area contributed by atoms with E-state index in [9.17, 15) is 0 Å². The van der Waals surface area contributed by atoms with Crippen molar-refractivity contribution in [3.05, 3.63) is 11.1 Å². The van der Waals surface area contributed by atoms with Gasteiger partial charge >= 0.3 is 0 Å². The van der Waals surface area contributed by atoms with Gasteiger partial charge in [-0.1, -0.05) is 0 Å². The fourth-order valence-electron chi connectivity index (χ4n) is 0.507. The third-order valence-corrected chi connectivity index (χ3v) is 1.58. The molecule has 0 aromatic heterocycles. The predicted molar refractivity (Wildman–Crippen MR) is 53.1 cm³/mol. The zero-order valence-electron chi connectivity index (χ0n) is 5.86. The van der Waals surface area contributed by atoms with E-state index >= 15 is 0 Å². The highest BCUT2D eigenvalue weighted by molar-refractivity contribution is 7.84. The Morgan fingerprint density at radius 3 is 2.80 bits per heavy atom. The van der Waals surface area contributed by atoms with Crippen LogP contribution in [0.25, 0.3) is 0 Å². The van der Waals surface area contributed by atoms with Crippen LogP contribution in [0, 0.1) is 0 Å². The van der Waals surface area contributed by atoms with Crippen LogP contribution in [0.1, 0.15) is 6.42 Å². The van der Waals surface area contributed by atoms with Gasteiger partial charge in [0, 0.05) is 24.7 Å². The summed E-state index contributed by atoms with van der Waals surface area (Å²) >= 11 is 8.30. The highest BCUT2D eigenvalue weighted by Gasteiger charge is 1.98. The van der Waals surface area contributed by atoms with Gasteiger partial charge < -0.3 is 5.73 Å². The Labute approximate surface area is 72.4 Å². The Bertz CT molecular complexity index is 143. The van der Waals surface area contributed by atoms with Gasteiger partial charge in [-0.3, -0.25) is 4.99 Å². The molecule has 0 heterocycles. The van der Waals surface area contributed by atoms with Gasteiger partial charge in [0.15, 0.2) is 0 Å². The summed E-state index contributed by atoms with van der Waals surface area (Å²) in [5, 5.41) is 0.122. The Balaban J connectivity index is 3.68. The lowest BCUT2D eigenvalue weighted by Crippen LogP contribution is -2.00. The molecule has 0 spiro atoms. The predicted octanol–water partition coefficient (Wildman–Crippen LogP) is 1.11. The molecule has 1 atom stereocenters. The normalized spacial score (nSPS) is 16.1. The lowest BCUT2D eigenvalue weighted by Gasteiger charge is -2.01. The van der Waals surface area contributed by atoms with Gasteiger partial charge in [-0.05, 0) is 11.3 Å². The SMILES string of the molecule is CN=CC(S)C/C(S)=C/N. The van der Waals surface area contributed by atoms with Crippen molar-refractivity contribution in [3.8, 4) is 0 Å². The van der Waals surface area contributed by atoms with Crippen molar-refractivity contribution in [3.63, 3.8) is 0 Å². The van der Waals surface area contributed by atoms with Crippen molar-refractivity contribution in [2.24, 2.45) is 10.7 Å². The molecule has 0 fully saturated rings. The Hall–Kier alpha value is -0.0900. The first-order chi connectivity index (χ1) is 4.70. The lowest BCUT2D eigenvalue weighted by atomic mass is 10.3. The molecule has 0 saturated heterocycles. The average molecular weight is 176 g/mol. The Morgan fingerprint density at radius 2 is 2.40 bits per heavy atom. The molecular formula is C6H12N2S2. The summed E-state index contributed by atoms with van der Waals surface area (Å²) in [6.45, 7) is 0. The van der Waals surface area contributed by atoms with Crippen LogP contribution in [-0.2, 0) is 0 Å². The van der Waals surface area contributed by atoms with E-state index in [0.717, 1.165) is 11.3 Å². The van der Waals surface area contributed by atoms with Crippen LogP contribution in [-0.4, -0.2) is 18.5 Å². The number of hydrogen-bond donors (Lipinski definition) is 3. The average Bonchev–Trinajstić information content (AvgIpc) is 1.88. The van der Waals surface area contributed by atoms with E-state index in [1.165, 1.54) is 6.20 Å². The van der Waals surface area contributed by atoms with E-state index in [1.807, 2.05) is 0 Å².